The zero-order valence-electron chi connectivity index (χ0n) is 36.1. The number of halogens is 2. The Morgan fingerprint density at radius 2 is 0.969 bits per heavy atom. The van der Waals surface area contributed by atoms with Crippen molar-refractivity contribution < 1.29 is 40.2 Å². The van der Waals surface area contributed by atoms with Gasteiger partial charge in [-0.15, -0.1) is 22.7 Å². The predicted octanol–water partition coefficient (Wildman–Crippen LogP) is 8.09. The van der Waals surface area contributed by atoms with Crippen molar-refractivity contribution in [1.29, 1.82) is 0 Å². The highest BCUT2D eigenvalue weighted by Gasteiger charge is 2.32. The standard InChI is InChI=1S/C23H27N3O4S2.C21H21ClFN3O4S2/c1-16-11-17(2)13-18(12-16)20-15-31-23(24-20)25-7-9-26(10-8-25)32(27,28)19-5-6-21(29-3)22(14-19)30-4;1-29-19-6-4-15(12-20(19)30-2)32(27,28)26-9-7-25(8-10-26)21-24-18(13-31-21)14-3-5-17(23)16(22)11-14/h5-6,11-15H,7-10H2,1-4H3;3-6,11-13H,7-10H2,1-2H3. The second-order valence-electron chi connectivity index (χ2n) is 14.9. The topological polar surface area (TPSA) is 144 Å². The molecule has 2 fully saturated rings. The highest BCUT2D eigenvalue weighted by molar-refractivity contribution is 7.89. The summed E-state index contributed by atoms with van der Waals surface area (Å²) in [7, 11) is -1.30. The van der Waals surface area contributed by atoms with E-state index in [4.69, 9.17) is 35.5 Å². The van der Waals surface area contributed by atoms with E-state index in [2.05, 4.69) is 47.3 Å². The summed E-state index contributed by atoms with van der Waals surface area (Å²) in [5, 5.41) is 5.69. The molecule has 340 valence electrons. The van der Waals surface area contributed by atoms with Gasteiger partial charge in [0.25, 0.3) is 0 Å². The van der Waals surface area contributed by atoms with Crippen LogP contribution >= 0.6 is 34.3 Å². The van der Waals surface area contributed by atoms with Gasteiger partial charge in [-0.2, -0.15) is 8.61 Å². The molecule has 0 unspecified atom stereocenters. The molecule has 14 nitrogen and oxygen atoms in total. The number of aryl methyl sites for hydroxylation is 2. The van der Waals surface area contributed by atoms with Crippen molar-refractivity contribution in [2.75, 3.05) is 90.6 Å². The molecule has 2 saturated heterocycles. The molecule has 0 amide bonds. The Kier molecular flexibility index (Phi) is 14.7. The van der Waals surface area contributed by atoms with Crippen LogP contribution in [0.4, 0.5) is 14.7 Å². The Balaban J connectivity index is 0.000000191. The van der Waals surface area contributed by atoms with Crippen LogP contribution in [0, 0.1) is 19.7 Å². The smallest absolute Gasteiger partial charge is 0.243 e. The van der Waals surface area contributed by atoms with Crippen molar-refractivity contribution in [3.8, 4) is 45.5 Å². The van der Waals surface area contributed by atoms with Crippen LogP contribution in [0.3, 0.4) is 0 Å². The van der Waals surface area contributed by atoms with Gasteiger partial charge >= 0.3 is 0 Å². The SMILES string of the molecule is COc1ccc(S(=O)(=O)N2CCN(c3nc(-c4cc(C)cc(C)c4)cs3)CC2)cc1OC.COc1ccc(S(=O)(=O)N2CCN(c3nc(-c4ccc(F)c(Cl)c4)cs3)CC2)cc1OC. The number of nitrogens with zero attached hydrogens (tertiary/aromatic N) is 6. The van der Waals surface area contributed by atoms with Gasteiger partial charge in [0, 0.05) is 86.4 Å². The minimum absolute atomic E-state index is 0.0473. The molecule has 2 aliphatic heterocycles. The lowest BCUT2D eigenvalue weighted by Gasteiger charge is -2.33. The third kappa shape index (κ3) is 10.3. The summed E-state index contributed by atoms with van der Waals surface area (Å²) in [6, 6.07) is 20.2. The molecule has 0 N–H and O–H groups in total. The number of hydrogen-bond acceptors (Lipinski definition) is 14. The Bertz CT molecular complexity index is 2810. The first-order chi connectivity index (χ1) is 30.6. The molecule has 0 bridgehead atoms. The Morgan fingerprint density at radius 1 is 0.547 bits per heavy atom. The lowest BCUT2D eigenvalue weighted by molar-refractivity contribution is 0.353. The van der Waals surface area contributed by atoms with Crippen LogP contribution < -0.4 is 28.7 Å². The third-order valence-electron chi connectivity index (χ3n) is 10.7. The van der Waals surface area contributed by atoms with Crippen LogP contribution in [0.2, 0.25) is 5.02 Å². The second kappa shape index (κ2) is 20.0. The summed E-state index contributed by atoms with van der Waals surface area (Å²) in [5.74, 6) is 1.26. The van der Waals surface area contributed by atoms with E-state index in [1.165, 1.54) is 83.8 Å². The van der Waals surface area contributed by atoms with E-state index >= 15 is 0 Å². The van der Waals surface area contributed by atoms with Crippen molar-refractivity contribution in [3.63, 3.8) is 0 Å². The van der Waals surface area contributed by atoms with E-state index in [1.807, 2.05) is 10.3 Å². The molecule has 20 heteroatoms. The van der Waals surface area contributed by atoms with E-state index in [9.17, 15) is 21.2 Å². The average Bonchev–Trinajstić information content (AvgIpc) is 4.01. The van der Waals surface area contributed by atoms with Crippen molar-refractivity contribution >= 4 is 64.6 Å². The van der Waals surface area contributed by atoms with Gasteiger partial charge in [-0.1, -0.05) is 28.8 Å². The number of thiazole rings is 2. The fourth-order valence-corrected chi connectivity index (χ4v) is 12.2. The summed E-state index contributed by atoms with van der Waals surface area (Å²) < 4.78 is 89.8. The van der Waals surface area contributed by atoms with Crippen molar-refractivity contribution in [2.24, 2.45) is 0 Å². The van der Waals surface area contributed by atoms with Gasteiger partial charge in [-0.05, 0) is 68.4 Å². The maximum atomic E-state index is 13.4. The maximum Gasteiger partial charge on any atom is 0.243 e. The minimum atomic E-state index is -3.67. The first kappa shape index (κ1) is 47.0. The van der Waals surface area contributed by atoms with Gasteiger partial charge in [0.05, 0.1) is 54.6 Å². The van der Waals surface area contributed by atoms with Gasteiger partial charge in [0.2, 0.25) is 20.0 Å². The molecular formula is C44H48ClFN6O8S4. The number of hydrogen-bond donors (Lipinski definition) is 0. The molecule has 0 atom stereocenters. The highest BCUT2D eigenvalue weighted by Crippen LogP contribution is 2.35. The summed E-state index contributed by atoms with van der Waals surface area (Å²) in [5.41, 5.74) is 5.92. The number of benzene rings is 4. The van der Waals surface area contributed by atoms with Crippen molar-refractivity contribution in [1.82, 2.24) is 18.6 Å². The zero-order chi connectivity index (χ0) is 45.8. The monoisotopic (exact) mass is 970 g/mol. The fraction of sp³-hybridized carbons (Fsp3) is 0.318. The largest absolute Gasteiger partial charge is 0.493 e. The van der Waals surface area contributed by atoms with Crippen LogP contribution in [0.5, 0.6) is 23.0 Å². The molecule has 4 aromatic carbocycles. The molecule has 2 aliphatic rings. The summed E-state index contributed by atoms with van der Waals surface area (Å²) in [6.07, 6.45) is 0. The lowest BCUT2D eigenvalue weighted by atomic mass is 10.1. The first-order valence-corrected chi connectivity index (χ1v) is 25.1. The molecule has 64 heavy (non-hydrogen) atoms. The lowest BCUT2D eigenvalue weighted by Crippen LogP contribution is -2.48. The van der Waals surface area contributed by atoms with E-state index < -0.39 is 25.9 Å². The van der Waals surface area contributed by atoms with Crippen LogP contribution in [-0.4, -0.2) is 116 Å². The first-order valence-electron chi connectivity index (χ1n) is 20.0. The fourth-order valence-electron chi connectivity index (χ4n) is 7.35. The van der Waals surface area contributed by atoms with E-state index in [-0.39, 0.29) is 14.8 Å². The number of aromatic nitrogens is 2. The van der Waals surface area contributed by atoms with E-state index in [0.717, 1.165) is 27.1 Å². The number of methoxy groups -OCH3 is 4. The van der Waals surface area contributed by atoms with Crippen molar-refractivity contribution in [2.45, 2.75) is 23.6 Å². The zero-order valence-corrected chi connectivity index (χ0v) is 40.1. The normalized spacial score (nSPS) is 15.1. The quantitative estimate of drug-likeness (QED) is 0.117. The van der Waals surface area contributed by atoms with Gasteiger partial charge in [-0.25, -0.2) is 31.2 Å². The average molecular weight is 972 g/mol. The van der Waals surface area contributed by atoms with E-state index in [1.54, 1.807) is 41.7 Å². The summed E-state index contributed by atoms with van der Waals surface area (Å²) in [6.45, 7) is 7.81. The van der Waals surface area contributed by atoms with Gasteiger partial charge in [-0.3, -0.25) is 0 Å². The third-order valence-corrected chi connectivity index (χ3v) is 16.6. The molecule has 8 rings (SSSR count). The van der Waals surface area contributed by atoms with Gasteiger partial charge < -0.3 is 28.7 Å². The number of ether oxygens (including phenoxy) is 4. The number of piperazine rings is 2. The molecule has 0 aliphatic carbocycles. The Morgan fingerprint density at radius 3 is 1.38 bits per heavy atom. The summed E-state index contributed by atoms with van der Waals surface area (Å²) >= 11 is 8.93. The molecule has 0 saturated carbocycles. The number of rotatable bonds is 12. The molecule has 0 spiro atoms. The molecule has 4 heterocycles. The highest BCUT2D eigenvalue weighted by atomic mass is 35.5. The van der Waals surface area contributed by atoms with Crippen molar-refractivity contribution in [3.05, 3.63) is 106 Å². The van der Waals surface area contributed by atoms with Crippen LogP contribution in [0.25, 0.3) is 22.5 Å². The Labute approximate surface area is 386 Å². The number of sulfonamides is 2. The summed E-state index contributed by atoms with van der Waals surface area (Å²) in [4.78, 5) is 14.0. The van der Waals surface area contributed by atoms with Crippen LogP contribution in [-0.2, 0) is 20.0 Å². The maximum absolute atomic E-state index is 13.4. The molecule has 2 aromatic heterocycles. The predicted molar refractivity (Wildman–Crippen MR) is 251 cm³/mol. The van der Waals surface area contributed by atoms with Crippen LogP contribution in [0.15, 0.2) is 93.3 Å². The van der Waals surface area contributed by atoms with Crippen LogP contribution in [0.1, 0.15) is 11.1 Å². The second-order valence-corrected chi connectivity index (χ2v) is 20.8. The van der Waals surface area contributed by atoms with E-state index in [0.29, 0.717) is 81.1 Å². The molecular weight excluding hydrogens is 923 g/mol. The minimum Gasteiger partial charge on any atom is -0.493 e. The molecule has 6 aromatic rings. The number of anilines is 2. The van der Waals surface area contributed by atoms with Gasteiger partial charge in [0.1, 0.15) is 5.82 Å². The van der Waals surface area contributed by atoms with Gasteiger partial charge in [0.15, 0.2) is 33.3 Å². The Hall–Kier alpha value is -5.02. The molecule has 0 radical (unpaired) electrons.